The lowest BCUT2D eigenvalue weighted by Gasteiger charge is -2.10. The van der Waals surface area contributed by atoms with Gasteiger partial charge in [-0.05, 0) is 54.0 Å². The van der Waals surface area contributed by atoms with E-state index in [0.29, 0.717) is 5.69 Å². The summed E-state index contributed by atoms with van der Waals surface area (Å²) in [6, 6.07) is 7.78. The van der Waals surface area contributed by atoms with Crippen molar-refractivity contribution in [3.05, 3.63) is 46.3 Å². The summed E-state index contributed by atoms with van der Waals surface area (Å²) < 4.78 is 2.87. The Morgan fingerprint density at radius 1 is 1.21 bits per heavy atom. The standard InChI is InChI=1S/C14H13BrN4/c1-8-13(15)9(2)19(18-8)12-6-5-11-10(14(12)16)4-3-7-17-11/h3-7H,16H2,1-2H3. The summed E-state index contributed by atoms with van der Waals surface area (Å²) in [7, 11) is 0. The highest BCUT2D eigenvalue weighted by molar-refractivity contribution is 9.10. The number of nitrogens with zero attached hydrogens (tertiary/aromatic N) is 3. The zero-order valence-electron chi connectivity index (χ0n) is 10.7. The van der Waals surface area contributed by atoms with E-state index < -0.39 is 0 Å². The number of fused-ring (bicyclic) bond motifs is 1. The maximum absolute atomic E-state index is 6.26. The number of nitrogen functional groups attached to an aromatic ring is 1. The number of aryl methyl sites for hydroxylation is 1. The molecule has 0 saturated carbocycles. The first-order valence-electron chi connectivity index (χ1n) is 5.95. The molecule has 0 bridgehead atoms. The van der Waals surface area contributed by atoms with Gasteiger partial charge in [-0.2, -0.15) is 5.10 Å². The van der Waals surface area contributed by atoms with E-state index in [4.69, 9.17) is 5.73 Å². The highest BCUT2D eigenvalue weighted by atomic mass is 79.9. The van der Waals surface area contributed by atoms with Crippen LogP contribution in [-0.2, 0) is 0 Å². The molecule has 0 atom stereocenters. The first-order valence-corrected chi connectivity index (χ1v) is 6.74. The van der Waals surface area contributed by atoms with Crippen molar-refractivity contribution in [2.24, 2.45) is 0 Å². The number of benzene rings is 1. The third kappa shape index (κ3) is 1.81. The van der Waals surface area contributed by atoms with Crippen LogP contribution in [0.2, 0.25) is 0 Å². The Hall–Kier alpha value is -1.88. The Bertz CT molecular complexity index is 776. The molecule has 3 rings (SSSR count). The predicted octanol–water partition coefficient (Wildman–Crippen LogP) is 3.38. The van der Waals surface area contributed by atoms with Gasteiger partial charge in [0.25, 0.3) is 0 Å². The van der Waals surface area contributed by atoms with Crippen LogP contribution in [0.25, 0.3) is 16.6 Å². The first kappa shape index (κ1) is 12.2. The molecule has 1 aromatic carbocycles. The van der Waals surface area contributed by atoms with E-state index in [9.17, 15) is 0 Å². The lowest BCUT2D eigenvalue weighted by molar-refractivity contribution is 0.836. The lowest BCUT2D eigenvalue weighted by atomic mass is 10.1. The van der Waals surface area contributed by atoms with Gasteiger partial charge in [-0.1, -0.05) is 0 Å². The number of pyridine rings is 1. The van der Waals surface area contributed by atoms with E-state index in [1.54, 1.807) is 6.20 Å². The van der Waals surface area contributed by atoms with Crippen LogP contribution in [0.4, 0.5) is 5.69 Å². The van der Waals surface area contributed by atoms with Crippen molar-refractivity contribution >= 4 is 32.5 Å². The molecule has 0 aliphatic rings. The van der Waals surface area contributed by atoms with E-state index in [1.165, 1.54) is 0 Å². The lowest BCUT2D eigenvalue weighted by Crippen LogP contribution is -2.04. The molecular formula is C14H13BrN4. The smallest absolute Gasteiger partial charge is 0.0886 e. The Kier molecular flexibility index (Phi) is 2.78. The third-order valence-electron chi connectivity index (χ3n) is 3.23. The minimum Gasteiger partial charge on any atom is -0.396 e. The fraction of sp³-hybridized carbons (Fsp3) is 0.143. The summed E-state index contributed by atoms with van der Waals surface area (Å²) >= 11 is 3.54. The second-order valence-electron chi connectivity index (χ2n) is 4.47. The van der Waals surface area contributed by atoms with Crippen molar-refractivity contribution in [2.75, 3.05) is 5.73 Å². The summed E-state index contributed by atoms with van der Waals surface area (Å²) in [4.78, 5) is 4.30. The average molecular weight is 317 g/mol. The van der Waals surface area contributed by atoms with Crippen LogP contribution in [0, 0.1) is 13.8 Å². The molecule has 0 radical (unpaired) electrons. The van der Waals surface area contributed by atoms with E-state index >= 15 is 0 Å². The molecule has 0 saturated heterocycles. The molecule has 0 fully saturated rings. The van der Waals surface area contributed by atoms with Crippen molar-refractivity contribution in [3.8, 4) is 5.69 Å². The second-order valence-corrected chi connectivity index (χ2v) is 5.26. The van der Waals surface area contributed by atoms with Crippen LogP contribution in [0.5, 0.6) is 0 Å². The molecule has 0 aliphatic carbocycles. The van der Waals surface area contributed by atoms with Gasteiger partial charge in [0, 0.05) is 11.6 Å². The van der Waals surface area contributed by atoms with Crippen molar-refractivity contribution in [3.63, 3.8) is 0 Å². The van der Waals surface area contributed by atoms with E-state index in [2.05, 4.69) is 26.0 Å². The van der Waals surface area contributed by atoms with Crippen molar-refractivity contribution in [1.29, 1.82) is 0 Å². The van der Waals surface area contributed by atoms with Crippen LogP contribution in [0.1, 0.15) is 11.4 Å². The van der Waals surface area contributed by atoms with E-state index in [0.717, 1.165) is 32.5 Å². The zero-order valence-corrected chi connectivity index (χ0v) is 12.3. The number of anilines is 1. The molecular weight excluding hydrogens is 304 g/mol. The predicted molar refractivity (Wildman–Crippen MR) is 80.5 cm³/mol. The Balaban J connectivity index is 2.31. The van der Waals surface area contributed by atoms with Gasteiger partial charge in [0.1, 0.15) is 0 Å². The summed E-state index contributed by atoms with van der Waals surface area (Å²) in [5.74, 6) is 0. The summed E-state index contributed by atoms with van der Waals surface area (Å²) in [6.45, 7) is 3.98. The van der Waals surface area contributed by atoms with Crippen molar-refractivity contribution in [1.82, 2.24) is 14.8 Å². The Labute approximate surface area is 119 Å². The number of hydrogen-bond donors (Lipinski definition) is 1. The van der Waals surface area contributed by atoms with Gasteiger partial charge in [0.15, 0.2) is 0 Å². The molecule has 19 heavy (non-hydrogen) atoms. The molecule has 0 spiro atoms. The van der Waals surface area contributed by atoms with E-state index in [1.807, 2.05) is 42.8 Å². The van der Waals surface area contributed by atoms with Gasteiger partial charge in [-0.15, -0.1) is 0 Å². The SMILES string of the molecule is Cc1nn(-c2ccc3ncccc3c2N)c(C)c1Br. The molecule has 2 aromatic heterocycles. The summed E-state index contributed by atoms with van der Waals surface area (Å²) in [6.07, 6.45) is 1.77. The number of aromatic nitrogens is 3. The van der Waals surface area contributed by atoms with Crippen LogP contribution in [0.3, 0.4) is 0 Å². The molecule has 0 aliphatic heterocycles. The topological polar surface area (TPSA) is 56.7 Å². The number of halogens is 1. The first-order chi connectivity index (χ1) is 9.09. The van der Waals surface area contributed by atoms with Gasteiger partial charge in [0.2, 0.25) is 0 Å². The molecule has 0 unspecified atom stereocenters. The van der Waals surface area contributed by atoms with Crippen LogP contribution in [-0.4, -0.2) is 14.8 Å². The highest BCUT2D eigenvalue weighted by Gasteiger charge is 2.13. The van der Waals surface area contributed by atoms with Crippen LogP contribution in [0.15, 0.2) is 34.9 Å². The second kappa shape index (κ2) is 4.35. The number of rotatable bonds is 1. The number of nitrogens with two attached hydrogens (primary N) is 1. The average Bonchev–Trinajstić information content (AvgIpc) is 2.67. The van der Waals surface area contributed by atoms with Crippen molar-refractivity contribution < 1.29 is 0 Å². The summed E-state index contributed by atoms with van der Waals surface area (Å²) in [5.41, 5.74) is 10.7. The summed E-state index contributed by atoms with van der Waals surface area (Å²) in [5, 5.41) is 5.46. The quantitative estimate of drug-likeness (QED) is 0.700. The fourth-order valence-corrected chi connectivity index (χ4v) is 2.45. The van der Waals surface area contributed by atoms with Gasteiger partial charge in [0.05, 0.1) is 32.8 Å². The zero-order chi connectivity index (χ0) is 13.6. The van der Waals surface area contributed by atoms with Gasteiger partial charge < -0.3 is 5.73 Å². The largest absolute Gasteiger partial charge is 0.396 e. The van der Waals surface area contributed by atoms with Gasteiger partial charge >= 0.3 is 0 Å². The Morgan fingerprint density at radius 3 is 2.68 bits per heavy atom. The molecule has 3 aromatic rings. The van der Waals surface area contributed by atoms with E-state index in [-0.39, 0.29) is 0 Å². The number of hydrogen-bond acceptors (Lipinski definition) is 3. The van der Waals surface area contributed by atoms with Gasteiger partial charge in [-0.3, -0.25) is 4.98 Å². The van der Waals surface area contributed by atoms with Gasteiger partial charge in [-0.25, -0.2) is 4.68 Å². The van der Waals surface area contributed by atoms with Crippen LogP contribution < -0.4 is 5.73 Å². The maximum Gasteiger partial charge on any atom is 0.0886 e. The molecule has 2 heterocycles. The molecule has 2 N–H and O–H groups in total. The minimum atomic E-state index is 0.698. The van der Waals surface area contributed by atoms with Crippen LogP contribution >= 0.6 is 15.9 Å². The van der Waals surface area contributed by atoms with Crippen molar-refractivity contribution in [2.45, 2.75) is 13.8 Å². The normalized spacial score (nSPS) is 11.1. The monoisotopic (exact) mass is 316 g/mol. The molecule has 5 heteroatoms. The maximum atomic E-state index is 6.26. The fourth-order valence-electron chi connectivity index (χ4n) is 2.21. The Morgan fingerprint density at radius 2 is 2.00 bits per heavy atom. The molecule has 4 nitrogen and oxygen atoms in total. The highest BCUT2D eigenvalue weighted by Crippen LogP contribution is 2.29. The molecule has 96 valence electrons. The molecule has 0 amide bonds. The minimum absolute atomic E-state index is 0.698. The third-order valence-corrected chi connectivity index (χ3v) is 4.38.